The Morgan fingerprint density at radius 2 is 1.07 bits per heavy atom. The van der Waals surface area contributed by atoms with Crippen molar-refractivity contribution in [2.75, 3.05) is 28.8 Å². The first-order chi connectivity index (χ1) is 19.4. The molecule has 2 fully saturated rings. The molecule has 0 aromatic carbocycles. The van der Waals surface area contributed by atoms with Gasteiger partial charge in [0.25, 0.3) is 0 Å². The Morgan fingerprint density at radius 1 is 0.714 bits per heavy atom. The van der Waals surface area contributed by atoms with Gasteiger partial charge in [-0.05, 0) is 101 Å². The zero-order valence-electron chi connectivity index (χ0n) is 28.6. The smallest absolute Gasteiger partial charge is 0.233 e. The first-order valence-corrected chi connectivity index (χ1v) is 16.2. The molecule has 242 valence electrons. The average Bonchev–Trinajstić information content (AvgIpc) is 2.79. The first-order valence-electron chi connectivity index (χ1n) is 16.2. The molecule has 1 aromatic rings. The number of anilines is 3. The Kier molecular flexibility index (Phi) is 11.1. The fourth-order valence-corrected chi connectivity index (χ4v) is 7.80. The van der Waals surface area contributed by atoms with E-state index < -0.39 is 0 Å². The summed E-state index contributed by atoms with van der Waals surface area (Å²) in [6.45, 7) is 23.1. The van der Waals surface area contributed by atoms with E-state index in [9.17, 15) is 0 Å². The van der Waals surface area contributed by atoms with Crippen LogP contribution in [0.5, 0.6) is 0 Å². The van der Waals surface area contributed by atoms with Crippen LogP contribution in [-0.4, -0.2) is 75.2 Å². The van der Waals surface area contributed by atoms with Gasteiger partial charge in [0, 0.05) is 34.2 Å². The summed E-state index contributed by atoms with van der Waals surface area (Å²) >= 11 is 0. The number of nitrogens with two attached hydrogens (primary N) is 2. The van der Waals surface area contributed by atoms with Crippen LogP contribution in [0.25, 0.3) is 0 Å². The number of hydrogen-bond donors (Lipinski definition) is 6. The van der Waals surface area contributed by atoms with Gasteiger partial charge >= 0.3 is 0 Å². The maximum atomic E-state index is 6.99. The summed E-state index contributed by atoms with van der Waals surface area (Å²) in [4.78, 5) is 19.8. The zero-order valence-corrected chi connectivity index (χ0v) is 28.6. The van der Waals surface area contributed by atoms with Gasteiger partial charge < -0.3 is 42.5 Å². The van der Waals surface area contributed by atoms with Gasteiger partial charge in [0.1, 0.15) is 0 Å². The highest BCUT2D eigenvalue weighted by Crippen LogP contribution is 2.37. The second-order valence-corrected chi connectivity index (χ2v) is 15.4. The van der Waals surface area contributed by atoms with Crippen molar-refractivity contribution >= 4 is 17.8 Å². The van der Waals surface area contributed by atoms with Crippen molar-refractivity contribution in [2.45, 2.75) is 167 Å². The lowest BCUT2D eigenvalue weighted by Crippen LogP contribution is -2.65. The van der Waals surface area contributed by atoms with E-state index in [0.717, 1.165) is 51.4 Å². The van der Waals surface area contributed by atoms with Crippen LogP contribution < -0.4 is 42.5 Å². The highest BCUT2D eigenvalue weighted by molar-refractivity contribution is 5.48. The van der Waals surface area contributed by atoms with Gasteiger partial charge in [-0.15, -0.1) is 0 Å². The van der Waals surface area contributed by atoms with E-state index in [1.165, 1.54) is 0 Å². The SMILES string of the molecule is CCCC(N)N(c1nc(NCNC)nc(N(C(N)CCC)C2CC(C)(C)NC(C)(C)C2)n1)C1CC(C)(C)NC(C)(C)C1. The summed E-state index contributed by atoms with van der Waals surface area (Å²) in [5.41, 5.74) is 13.8. The molecule has 42 heavy (non-hydrogen) atoms. The van der Waals surface area contributed by atoms with Crippen molar-refractivity contribution in [3.63, 3.8) is 0 Å². The molecular formula is C31H63N11. The highest BCUT2D eigenvalue weighted by atomic mass is 15.4. The van der Waals surface area contributed by atoms with E-state index in [2.05, 4.69) is 100 Å². The number of piperidine rings is 2. The second-order valence-electron chi connectivity index (χ2n) is 15.4. The third-order valence-electron chi connectivity index (χ3n) is 8.50. The summed E-state index contributed by atoms with van der Waals surface area (Å²) in [5, 5.41) is 14.2. The van der Waals surface area contributed by atoms with Crippen LogP contribution in [0.1, 0.15) is 121 Å². The van der Waals surface area contributed by atoms with Crippen molar-refractivity contribution in [3.05, 3.63) is 0 Å². The molecule has 8 N–H and O–H groups in total. The Bertz CT molecular complexity index is 904. The third-order valence-corrected chi connectivity index (χ3v) is 8.50. The van der Waals surface area contributed by atoms with Gasteiger partial charge in [0.05, 0.1) is 19.0 Å². The van der Waals surface area contributed by atoms with Crippen LogP contribution in [0.4, 0.5) is 17.8 Å². The topological polar surface area (TPSA) is 145 Å². The van der Waals surface area contributed by atoms with E-state index in [-0.39, 0.29) is 46.6 Å². The van der Waals surface area contributed by atoms with E-state index in [1.54, 1.807) is 0 Å². The number of nitrogens with one attached hydrogen (secondary N) is 4. The molecule has 2 atom stereocenters. The molecule has 0 amide bonds. The minimum Gasteiger partial charge on any atom is -0.341 e. The van der Waals surface area contributed by atoms with Gasteiger partial charge in [0.15, 0.2) is 0 Å². The van der Waals surface area contributed by atoms with E-state index >= 15 is 0 Å². The van der Waals surface area contributed by atoms with Crippen LogP contribution in [0, 0.1) is 0 Å². The maximum Gasteiger partial charge on any atom is 0.233 e. The highest BCUT2D eigenvalue weighted by Gasteiger charge is 2.44. The molecule has 3 heterocycles. The summed E-state index contributed by atoms with van der Waals surface area (Å²) in [5.74, 6) is 1.78. The molecule has 2 aliphatic heterocycles. The number of hydrogen-bond acceptors (Lipinski definition) is 11. The minimum absolute atomic E-state index is 0.0541. The predicted octanol–water partition coefficient (Wildman–Crippen LogP) is 3.86. The molecule has 0 saturated carbocycles. The summed E-state index contributed by atoms with van der Waals surface area (Å²) < 4.78 is 0. The van der Waals surface area contributed by atoms with Crippen molar-refractivity contribution in [3.8, 4) is 0 Å². The Labute approximate surface area is 256 Å². The minimum atomic E-state index is -0.216. The molecule has 2 unspecified atom stereocenters. The fraction of sp³-hybridized carbons (Fsp3) is 0.903. The Balaban J connectivity index is 2.19. The molecule has 11 nitrogen and oxygen atoms in total. The van der Waals surface area contributed by atoms with E-state index in [0.29, 0.717) is 24.5 Å². The first kappa shape index (κ1) is 34.7. The molecule has 3 rings (SSSR count). The van der Waals surface area contributed by atoms with Gasteiger partial charge in [0.2, 0.25) is 17.8 Å². The van der Waals surface area contributed by atoms with Crippen LogP contribution in [0.2, 0.25) is 0 Å². The molecule has 1 aromatic heterocycles. The molecular weight excluding hydrogens is 526 g/mol. The third kappa shape index (κ3) is 9.11. The van der Waals surface area contributed by atoms with Crippen molar-refractivity contribution in [1.82, 2.24) is 30.9 Å². The Morgan fingerprint density at radius 3 is 1.38 bits per heavy atom. The van der Waals surface area contributed by atoms with Crippen LogP contribution in [-0.2, 0) is 0 Å². The Hall–Kier alpha value is -1.79. The van der Waals surface area contributed by atoms with Crippen molar-refractivity contribution in [1.29, 1.82) is 0 Å². The molecule has 2 saturated heterocycles. The zero-order chi connectivity index (χ0) is 31.5. The normalized spacial score (nSPS) is 23.3. The molecule has 0 radical (unpaired) electrons. The summed E-state index contributed by atoms with van der Waals surface area (Å²) in [6.07, 6.45) is 6.96. The number of nitrogens with zero attached hydrogens (tertiary/aromatic N) is 5. The predicted molar refractivity (Wildman–Crippen MR) is 177 cm³/mol. The van der Waals surface area contributed by atoms with Crippen LogP contribution >= 0.6 is 0 Å². The van der Waals surface area contributed by atoms with Gasteiger partial charge in [-0.2, -0.15) is 15.0 Å². The van der Waals surface area contributed by atoms with Gasteiger partial charge in [-0.3, -0.25) is 0 Å². The molecule has 2 aliphatic rings. The number of rotatable bonds is 13. The van der Waals surface area contributed by atoms with Gasteiger partial charge in [-0.25, -0.2) is 0 Å². The van der Waals surface area contributed by atoms with Crippen LogP contribution in [0.15, 0.2) is 0 Å². The molecule has 0 spiro atoms. The van der Waals surface area contributed by atoms with E-state index in [1.807, 2.05) is 7.05 Å². The monoisotopic (exact) mass is 590 g/mol. The second kappa shape index (κ2) is 13.5. The van der Waals surface area contributed by atoms with Crippen LogP contribution in [0.3, 0.4) is 0 Å². The average molecular weight is 590 g/mol. The van der Waals surface area contributed by atoms with Gasteiger partial charge in [-0.1, -0.05) is 26.7 Å². The van der Waals surface area contributed by atoms with E-state index in [4.69, 9.17) is 26.4 Å². The lowest BCUT2D eigenvalue weighted by atomic mass is 9.79. The number of aromatic nitrogens is 3. The van der Waals surface area contributed by atoms with Crippen molar-refractivity contribution < 1.29 is 0 Å². The summed E-state index contributed by atoms with van der Waals surface area (Å²) in [6, 6.07) is 0.333. The largest absolute Gasteiger partial charge is 0.341 e. The lowest BCUT2D eigenvalue weighted by Gasteiger charge is -2.51. The molecule has 11 heteroatoms. The quantitative estimate of drug-likeness (QED) is 0.187. The fourth-order valence-electron chi connectivity index (χ4n) is 7.80. The van der Waals surface area contributed by atoms with Crippen molar-refractivity contribution in [2.24, 2.45) is 11.5 Å². The molecule has 0 aliphatic carbocycles. The lowest BCUT2D eigenvalue weighted by molar-refractivity contribution is 0.152. The summed E-state index contributed by atoms with van der Waals surface area (Å²) in [7, 11) is 1.90. The molecule has 0 bridgehead atoms. The maximum absolute atomic E-state index is 6.99. The standard InChI is InChI=1S/C31H63N11/c1-12-14-23(32)41(21-16-28(3,4)39-29(5,6)17-21)26-36-25(35-20-34-11)37-27(38-26)42(24(33)15-13-2)22-18-30(7,8)40-31(9,10)19-22/h21-24,34,39-40H,12-20,32-33H2,1-11H3,(H,35,36,37,38).